The van der Waals surface area contributed by atoms with Crippen molar-refractivity contribution in [3.8, 4) is 0 Å². The predicted octanol–water partition coefficient (Wildman–Crippen LogP) is 1.24. The second-order valence-electron chi connectivity index (χ2n) is 4.80. The van der Waals surface area contributed by atoms with Crippen LogP contribution in [0.4, 0.5) is 16.2 Å². The zero-order valence-corrected chi connectivity index (χ0v) is 11.2. The lowest BCUT2D eigenvalue weighted by molar-refractivity contribution is -0.118. The number of nitrogens with one attached hydrogen (secondary N) is 1. The Morgan fingerprint density at radius 1 is 1.37 bits per heavy atom. The molecule has 104 valence electrons. The van der Waals surface area contributed by atoms with Crippen LogP contribution in [0.1, 0.15) is 13.8 Å². The quantitative estimate of drug-likeness (QED) is 0.697. The van der Waals surface area contributed by atoms with Gasteiger partial charge in [-0.25, -0.2) is 4.79 Å². The van der Waals surface area contributed by atoms with Gasteiger partial charge in [0.05, 0.1) is 0 Å². The maximum atomic E-state index is 12.1. The lowest BCUT2D eigenvalue weighted by Gasteiger charge is -2.23. The Labute approximate surface area is 112 Å². The molecular weight excluding hydrogens is 244 g/mol. The highest BCUT2D eigenvalue weighted by molar-refractivity contribution is 5.92. The minimum atomic E-state index is -0.539. The van der Waals surface area contributed by atoms with E-state index in [0.29, 0.717) is 17.9 Å². The first-order valence-electron chi connectivity index (χ1n) is 6.08. The smallest absolute Gasteiger partial charge is 0.322 e. The van der Waals surface area contributed by atoms with Gasteiger partial charge in [0, 0.05) is 17.9 Å². The Bertz CT molecular complexity index is 460. The highest BCUT2D eigenvalue weighted by Gasteiger charge is 2.17. The number of urea groups is 1. The second-order valence-corrected chi connectivity index (χ2v) is 4.80. The molecule has 0 saturated heterocycles. The van der Waals surface area contributed by atoms with E-state index in [9.17, 15) is 9.59 Å². The number of nitrogens with two attached hydrogens (primary N) is 2. The number of amides is 3. The van der Waals surface area contributed by atoms with Crippen LogP contribution in [-0.2, 0) is 4.79 Å². The molecule has 0 bridgehead atoms. The number of hydrogen-bond donors (Lipinski definition) is 3. The number of nitrogens with zero attached hydrogens (tertiary/aromatic N) is 1. The zero-order valence-electron chi connectivity index (χ0n) is 11.2. The standard InChI is InChI=1S/C13H20N4O2/c1-9(2)7-17(8-12(15)18)13(19)16-11-5-3-4-10(14)6-11/h3-6,9H,7-8,14H2,1-2H3,(H2,15,18)(H,16,19). The molecule has 0 saturated carbocycles. The van der Waals surface area contributed by atoms with Gasteiger partial charge in [0.2, 0.25) is 5.91 Å². The number of benzene rings is 1. The topological polar surface area (TPSA) is 101 Å². The molecule has 0 fully saturated rings. The van der Waals surface area contributed by atoms with Crippen molar-refractivity contribution < 1.29 is 9.59 Å². The van der Waals surface area contributed by atoms with E-state index in [-0.39, 0.29) is 18.5 Å². The number of carbonyl (C=O) groups is 2. The third-order valence-corrected chi connectivity index (χ3v) is 2.36. The van der Waals surface area contributed by atoms with Crippen LogP contribution in [0.3, 0.4) is 0 Å². The average molecular weight is 264 g/mol. The molecular formula is C13H20N4O2. The fourth-order valence-electron chi connectivity index (χ4n) is 1.67. The number of carbonyl (C=O) groups excluding carboxylic acids is 2. The van der Waals surface area contributed by atoms with E-state index in [1.165, 1.54) is 4.90 Å². The third kappa shape index (κ3) is 5.29. The Hall–Kier alpha value is -2.24. The lowest BCUT2D eigenvalue weighted by atomic mass is 10.2. The van der Waals surface area contributed by atoms with Gasteiger partial charge >= 0.3 is 6.03 Å². The molecule has 0 aromatic heterocycles. The van der Waals surface area contributed by atoms with E-state index >= 15 is 0 Å². The summed E-state index contributed by atoms with van der Waals surface area (Å²) in [6.45, 7) is 4.27. The van der Waals surface area contributed by atoms with Crippen LogP contribution in [0.25, 0.3) is 0 Å². The van der Waals surface area contributed by atoms with Crippen LogP contribution >= 0.6 is 0 Å². The molecule has 1 aromatic rings. The van der Waals surface area contributed by atoms with E-state index in [1.807, 2.05) is 13.8 Å². The summed E-state index contributed by atoms with van der Waals surface area (Å²) in [6.07, 6.45) is 0. The number of rotatable bonds is 5. The molecule has 0 aliphatic rings. The van der Waals surface area contributed by atoms with Crippen molar-refractivity contribution in [2.24, 2.45) is 11.7 Å². The summed E-state index contributed by atoms with van der Waals surface area (Å²) in [5.41, 5.74) is 11.9. The number of nitrogen functional groups attached to an aromatic ring is 1. The van der Waals surface area contributed by atoms with Crippen LogP contribution in [0, 0.1) is 5.92 Å². The van der Waals surface area contributed by atoms with Crippen LogP contribution in [0.5, 0.6) is 0 Å². The maximum Gasteiger partial charge on any atom is 0.322 e. The Morgan fingerprint density at radius 2 is 2.05 bits per heavy atom. The van der Waals surface area contributed by atoms with Crippen LogP contribution in [0.2, 0.25) is 0 Å². The van der Waals surface area contributed by atoms with Gasteiger partial charge < -0.3 is 21.7 Å². The van der Waals surface area contributed by atoms with Crippen LogP contribution in [0.15, 0.2) is 24.3 Å². The SMILES string of the molecule is CC(C)CN(CC(N)=O)C(=O)Nc1cccc(N)c1. The van der Waals surface area contributed by atoms with Gasteiger partial charge in [-0.15, -0.1) is 0 Å². The summed E-state index contributed by atoms with van der Waals surface area (Å²) in [5.74, 6) is -0.297. The molecule has 0 aliphatic heterocycles. The van der Waals surface area contributed by atoms with Crippen molar-refractivity contribution in [2.75, 3.05) is 24.1 Å². The first-order chi connectivity index (χ1) is 8.88. The minimum absolute atomic E-state index is 0.105. The molecule has 0 heterocycles. The van der Waals surface area contributed by atoms with Gasteiger partial charge in [-0.05, 0) is 24.1 Å². The van der Waals surface area contributed by atoms with Crippen molar-refractivity contribution in [3.05, 3.63) is 24.3 Å². The molecule has 1 rings (SSSR count). The van der Waals surface area contributed by atoms with E-state index in [0.717, 1.165) is 0 Å². The first-order valence-corrected chi connectivity index (χ1v) is 6.08. The fourth-order valence-corrected chi connectivity index (χ4v) is 1.67. The fraction of sp³-hybridized carbons (Fsp3) is 0.385. The van der Waals surface area contributed by atoms with Crippen molar-refractivity contribution in [1.82, 2.24) is 4.90 Å². The number of hydrogen-bond acceptors (Lipinski definition) is 3. The second kappa shape index (κ2) is 6.63. The van der Waals surface area contributed by atoms with Crippen molar-refractivity contribution in [1.29, 1.82) is 0 Å². The first kappa shape index (κ1) is 14.8. The maximum absolute atomic E-state index is 12.1. The zero-order chi connectivity index (χ0) is 14.4. The summed E-state index contributed by atoms with van der Waals surface area (Å²) >= 11 is 0. The van der Waals surface area contributed by atoms with E-state index < -0.39 is 5.91 Å². The monoisotopic (exact) mass is 264 g/mol. The van der Waals surface area contributed by atoms with Gasteiger partial charge in [0.15, 0.2) is 0 Å². The lowest BCUT2D eigenvalue weighted by Crippen LogP contribution is -2.42. The summed E-state index contributed by atoms with van der Waals surface area (Å²) < 4.78 is 0. The average Bonchev–Trinajstić information content (AvgIpc) is 2.26. The Kier molecular flexibility index (Phi) is 5.17. The number of primary amides is 1. The highest BCUT2D eigenvalue weighted by atomic mass is 16.2. The van der Waals surface area contributed by atoms with Gasteiger partial charge in [-0.1, -0.05) is 19.9 Å². The van der Waals surface area contributed by atoms with Crippen molar-refractivity contribution in [3.63, 3.8) is 0 Å². The van der Waals surface area contributed by atoms with Gasteiger partial charge in [0.25, 0.3) is 0 Å². The van der Waals surface area contributed by atoms with Crippen molar-refractivity contribution >= 4 is 23.3 Å². The molecule has 0 spiro atoms. The summed E-state index contributed by atoms with van der Waals surface area (Å²) in [6, 6.07) is 6.48. The molecule has 5 N–H and O–H groups in total. The normalized spacial score (nSPS) is 10.3. The van der Waals surface area contributed by atoms with Gasteiger partial charge in [0.1, 0.15) is 6.54 Å². The molecule has 1 aromatic carbocycles. The summed E-state index contributed by atoms with van der Waals surface area (Å²) in [5, 5.41) is 2.69. The number of anilines is 2. The van der Waals surface area contributed by atoms with E-state index in [4.69, 9.17) is 11.5 Å². The van der Waals surface area contributed by atoms with Gasteiger partial charge in [-0.2, -0.15) is 0 Å². The third-order valence-electron chi connectivity index (χ3n) is 2.36. The molecule has 3 amide bonds. The molecule has 19 heavy (non-hydrogen) atoms. The highest BCUT2D eigenvalue weighted by Crippen LogP contribution is 2.12. The van der Waals surface area contributed by atoms with E-state index in [1.54, 1.807) is 24.3 Å². The summed E-state index contributed by atoms with van der Waals surface area (Å²) in [7, 11) is 0. The van der Waals surface area contributed by atoms with Crippen LogP contribution < -0.4 is 16.8 Å². The molecule has 6 nitrogen and oxygen atoms in total. The Balaban J connectivity index is 2.73. The van der Waals surface area contributed by atoms with E-state index in [2.05, 4.69) is 5.32 Å². The predicted molar refractivity (Wildman–Crippen MR) is 75.5 cm³/mol. The molecule has 0 unspecified atom stereocenters. The van der Waals surface area contributed by atoms with Gasteiger partial charge in [-0.3, -0.25) is 4.79 Å². The van der Waals surface area contributed by atoms with Crippen LogP contribution in [-0.4, -0.2) is 29.9 Å². The molecule has 0 radical (unpaired) electrons. The molecule has 0 atom stereocenters. The Morgan fingerprint density at radius 3 is 2.58 bits per heavy atom. The largest absolute Gasteiger partial charge is 0.399 e. The van der Waals surface area contributed by atoms with Crippen molar-refractivity contribution in [2.45, 2.75) is 13.8 Å². The molecule has 6 heteroatoms. The summed E-state index contributed by atoms with van der Waals surface area (Å²) in [4.78, 5) is 24.4. The molecule has 0 aliphatic carbocycles. The minimum Gasteiger partial charge on any atom is -0.399 e.